The summed E-state index contributed by atoms with van der Waals surface area (Å²) in [5, 5.41) is 35.6. The third-order valence-corrected chi connectivity index (χ3v) is 13.6. The number of carbonyl (C=O) groups is 2. The summed E-state index contributed by atoms with van der Waals surface area (Å²) in [5.74, 6) is 1.28. The van der Waals surface area contributed by atoms with Gasteiger partial charge in [-0.1, -0.05) is 49.0 Å². The molecule has 0 radical (unpaired) electrons. The second-order valence-corrected chi connectivity index (χ2v) is 18.9. The standard InChI is InChI=1S/2C15H24O2.C8H15NO3.C5H9NO3/c2*1-11(2)7-8-13-14(3,17-13)12-6-4-5-9-15(12)10-16-15;1-8(2,12)6-4-3-5-9(6)7(10)11;7-4-1-2-6(3-4)5(8)9/h2*7,12-13H,4-6,8-10H2,1-3H3;6,12H,3-5H2,1-2H3,(H,10,11);4,7H,1-3H2,(H,8,9). The van der Waals surface area contributed by atoms with E-state index in [1.54, 1.807) is 13.8 Å². The fourth-order valence-electron chi connectivity index (χ4n) is 9.97. The minimum absolute atomic E-state index is 0.100. The molecule has 2 amide bonds. The van der Waals surface area contributed by atoms with Crippen LogP contribution < -0.4 is 0 Å². The summed E-state index contributed by atoms with van der Waals surface area (Å²) in [6.07, 6.45) is 18.0. The van der Waals surface area contributed by atoms with Crippen molar-refractivity contribution < 1.29 is 49.0 Å². The van der Waals surface area contributed by atoms with Crippen molar-refractivity contribution in [1.29, 1.82) is 0 Å². The first-order chi connectivity index (χ1) is 25.8. The van der Waals surface area contributed by atoms with Crippen molar-refractivity contribution in [1.82, 2.24) is 9.80 Å². The number of likely N-dealkylation sites (tertiary alicyclic amines) is 2. The molecule has 0 aromatic heterocycles. The molecule has 314 valence electrons. The Hall–Kier alpha value is -2.22. The zero-order valence-electron chi connectivity index (χ0n) is 35.0. The highest BCUT2D eigenvalue weighted by atomic mass is 16.6. The van der Waals surface area contributed by atoms with Crippen LogP contribution >= 0.6 is 0 Å². The van der Waals surface area contributed by atoms with Gasteiger partial charge in [-0.3, -0.25) is 0 Å². The summed E-state index contributed by atoms with van der Waals surface area (Å²) in [5.41, 5.74) is 2.49. The number of nitrogens with zero attached hydrogens (tertiary/aromatic N) is 2. The molecule has 55 heavy (non-hydrogen) atoms. The highest BCUT2D eigenvalue weighted by Gasteiger charge is 2.68. The van der Waals surface area contributed by atoms with Gasteiger partial charge in [0, 0.05) is 31.5 Å². The van der Waals surface area contributed by atoms with E-state index in [1.807, 2.05) is 0 Å². The van der Waals surface area contributed by atoms with Gasteiger partial charge in [0.05, 0.1) is 65.6 Å². The fraction of sp³-hybridized carbons (Fsp3) is 0.860. The van der Waals surface area contributed by atoms with Crippen molar-refractivity contribution in [3.8, 4) is 0 Å². The second kappa shape index (κ2) is 17.3. The number of carboxylic acid groups (broad SMARTS) is 2. The summed E-state index contributed by atoms with van der Waals surface area (Å²) >= 11 is 0. The number of hydrogen-bond donors (Lipinski definition) is 4. The first kappa shape index (κ1) is 43.9. The number of epoxide rings is 4. The molecule has 0 aromatic carbocycles. The van der Waals surface area contributed by atoms with Crippen LogP contribution in [0.4, 0.5) is 9.59 Å². The maximum atomic E-state index is 10.7. The topological polar surface area (TPSA) is 172 Å². The van der Waals surface area contributed by atoms with Gasteiger partial charge in [-0.15, -0.1) is 0 Å². The second-order valence-electron chi connectivity index (χ2n) is 18.9. The van der Waals surface area contributed by atoms with E-state index >= 15 is 0 Å². The minimum Gasteiger partial charge on any atom is -0.465 e. The van der Waals surface area contributed by atoms with Crippen molar-refractivity contribution >= 4 is 12.2 Å². The summed E-state index contributed by atoms with van der Waals surface area (Å²) in [7, 11) is 0. The van der Waals surface area contributed by atoms with Crippen LogP contribution in [-0.4, -0.2) is 128 Å². The normalized spacial score (nSPS) is 39.4. The number of amides is 2. The van der Waals surface area contributed by atoms with Crippen LogP contribution in [0.25, 0.3) is 0 Å². The van der Waals surface area contributed by atoms with Crippen LogP contribution in [0.5, 0.6) is 0 Å². The number of rotatable bonds is 7. The fourth-order valence-corrected chi connectivity index (χ4v) is 9.97. The number of allylic oxidation sites excluding steroid dienone is 2. The zero-order valence-corrected chi connectivity index (χ0v) is 35.0. The van der Waals surface area contributed by atoms with E-state index in [0.717, 1.165) is 38.9 Å². The van der Waals surface area contributed by atoms with Crippen molar-refractivity contribution in [3.63, 3.8) is 0 Å². The van der Waals surface area contributed by atoms with Crippen LogP contribution in [0.3, 0.4) is 0 Å². The number of ether oxygens (including phenoxy) is 4. The Bertz CT molecular complexity index is 1330. The molecule has 8 fully saturated rings. The van der Waals surface area contributed by atoms with Gasteiger partial charge in [0.2, 0.25) is 0 Å². The van der Waals surface area contributed by atoms with E-state index in [0.29, 0.717) is 43.6 Å². The van der Waals surface area contributed by atoms with E-state index in [4.69, 9.17) is 34.3 Å². The monoisotopic (exact) mass is 777 g/mol. The molecular formula is C43H72N2O10. The number of aliphatic hydroxyl groups is 2. The van der Waals surface area contributed by atoms with Gasteiger partial charge in [0.25, 0.3) is 0 Å². The molecule has 12 nitrogen and oxygen atoms in total. The Morgan fingerprint density at radius 2 is 1.20 bits per heavy atom. The maximum absolute atomic E-state index is 10.7. The molecule has 10 atom stereocenters. The summed E-state index contributed by atoms with van der Waals surface area (Å²) in [6, 6.07) is -0.241. The molecule has 2 spiro atoms. The minimum atomic E-state index is -0.938. The molecule has 0 bridgehead atoms. The number of aliphatic hydroxyl groups excluding tert-OH is 1. The molecule has 2 aliphatic carbocycles. The smallest absolute Gasteiger partial charge is 0.407 e. The molecule has 10 unspecified atom stereocenters. The van der Waals surface area contributed by atoms with Crippen molar-refractivity contribution in [2.45, 2.75) is 191 Å². The molecule has 12 heteroatoms. The lowest BCUT2D eigenvalue weighted by Gasteiger charge is -2.32. The molecule has 6 heterocycles. The van der Waals surface area contributed by atoms with E-state index in [2.05, 4.69) is 53.7 Å². The van der Waals surface area contributed by atoms with E-state index < -0.39 is 23.9 Å². The largest absolute Gasteiger partial charge is 0.465 e. The predicted octanol–water partition coefficient (Wildman–Crippen LogP) is 7.55. The van der Waals surface area contributed by atoms with Crippen molar-refractivity contribution in [3.05, 3.63) is 23.3 Å². The van der Waals surface area contributed by atoms with Gasteiger partial charge >= 0.3 is 12.2 Å². The molecule has 8 rings (SSSR count). The molecule has 2 saturated carbocycles. The van der Waals surface area contributed by atoms with Gasteiger partial charge in [0.1, 0.15) is 0 Å². The van der Waals surface area contributed by atoms with Gasteiger partial charge in [-0.05, 0) is 113 Å². The summed E-state index contributed by atoms with van der Waals surface area (Å²) in [6.45, 7) is 19.8. The first-order valence-corrected chi connectivity index (χ1v) is 21.0. The molecule has 4 N–H and O–H groups in total. The Morgan fingerprint density at radius 3 is 1.51 bits per heavy atom. The lowest BCUT2D eigenvalue weighted by atomic mass is 9.71. The lowest BCUT2D eigenvalue weighted by molar-refractivity contribution is 0.00185. The Kier molecular flexibility index (Phi) is 13.8. The van der Waals surface area contributed by atoms with Crippen LogP contribution in [0.1, 0.15) is 139 Å². The zero-order chi connectivity index (χ0) is 40.4. The van der Waals surface area contributed by atoms with Gasteiger partial charge in [0.15, 0.2) is 0 Å². The summed E-state index contributed by atoms with van der Waals surface area (Å²) in [4.78, 5) is 23.4. The SMILES string of the molecule is CC(C)(O)C1CCCN1C(=O)O.CC(C)=CCC1OC1(C)C1CCCCC12CO2.CC(C)=CCC1OC1(C)C1CCCCC12CO2.O=C(O)N1CCC(O)C1. The van der Waals surface area contributed by atoms with Gasteiger partial charge in [-0.25, -0.2) is 9.59 Å². The third-order valence-electron chi connectivity index (χ3n) is 13.6. The van der Waals surface area contributed by atoms with Crippen LogP contribution in [0, 0.1) is 11.8 Å². The Labute approximate surface area is 329 Å². The van der Waals surface area contributed by atoms with Crippen molar-refractivity contribution in [2.24, 2.45) is 11.8 Å². The number of hydrogen-bond acceptors (Lipinski definition) is 8. The average molecular weight is 777 g/mol. The van der Waals surface area contributed by atoms with Crippen LogP contribution in [0.2, 0.25) is 0 Å². The molecule has 6 saturated heterocycles. The average Bonchev–Trinajstić information content (AvgIpc) is 4.10. The summed E-state index contributed by atoms with van der Waals surface area (Å²) < 4.78 is 23.7. The molecule has 8 aliphatic rings. The highest BCUT2D eigenvalue weighted by molar-refractivity contribution is 5.66. The van der Waals surface area contributed by atoms with Crippen LogP contribution in [0.15, 0.2) is 23.3 Å². The molecule has 0 aromatic rings. The predicted molar refractivity (Wildman–Crippen MR) is 210 cm³/mol. The Morgan fingerprint density at radius 1 is 0.727 bits per heavy atom. The van der Waals surface area contributed by atoms with Crippen LogP contribution in [-0.2, 0) is 18.9 Å². The Balaban J connectivity index is 0.000000145. The van der Waals surface area contributed by atoms with E-state index in [9.17, 15) is 14.7 Å². The molecular weight excluding hydrogens is 704 g/mol. The highest BCUT2D eigenvalue weighted by Crippen LogP contribution is 2.60. The number of β-amino-alcohol motifs (C(OH)–C–C–N with tert-alkyl or cyclic N) is 1. The lowest BCUT2D eigenvalue weighted by Crippen LogP contribution is -2.47. The molecule has 6 aliphatic heterocycles. The first-order valence-electron chi connectivity index (χ1n) is 21.0. The van der Waals surface area contributed by atoms with Gasteiger partial charge in [-0.2, -0.15) is 0 Å². The van der Waals surface area contributed by atoms with Crippen molar-refractivity contribution in [2.75, 3.05) is 32.8 Å². The third kappa shape index (κ3) is 10.8. The van der Waals surface area contributed by atoms with E-state index in [-0.39, 0.29) is 35.0 Å². The maximum Gasteiger partial charge on any atom is 0.407 e. The van der Waals surface area contributed by atoms with E-state index in [1.165, 1.54) is 72.3 Å². The quantitative estimate of drug-likeness (QED) is 0.150. The van der Waals surface area contributed by atoms with Gasteiger partial charge < -0.3 is 49.2 Å².